The number of aromatic amines is 1. The number of rotatable bonds is 5. The fourth-order valence-electron chi connectivity index (χ4n) is 16.9. The molecule has 0 aliphatic rings. The van der Waals surface area contributed by atoms with E-state index in [1.165, 1.54) is 196 Å². The molecule has 0 fully saturated rings. The first kappa shape index (κ1) is 60.1. The van der Waals surface area contributed by atoms with Crippen molar-refractivity contribution in [1.29, 1.82) is 0 Å². The van der Waals surface area contributed by atoms with Gasteiger partial charge in [-0.3, -0.25) is 0 Å². The molecule has 0 aliphatic carbocycles. The van der Waals surface area contributed by atoms with Crippen LogP contribution in [0.5, 0.6) is 0 Å². The van der Waals surface area contributed by atoms with Crippen LogP contribution in [0.3, 0.4) is 0 Å². The largest absolute Gasteiger partial charge is 0.354 e. The minimum Gasteiger partial charge on any atom is -0.354 e. The van der Waals surface area contributed by atoms with Gasteiger partial charge in [-0.25, -0.2) is 0 Å². The summed E-state index contributed by atoms with van der Waals surface area (Å²) in [4.78, 5) is 3.61. The van der Waals surface area contributed by atoms with Gasteiger partial charge in [-0.2, -0.15) is 0 Å². The Kier molecular flexibility index (Phi) is 14.4. The third-order valence-corrected chi connectivity index (χ3v) is 21.9. The summed E-state index contributed by atoms with van der Waals surface area (Å²) in [6.07, 6.45) is 0. The lowest BCUT2D eigenvalue weighted by Gasteiger charge is -2.18. The number of hydrogen-bond acceptors (Lipinski definition) is 0. The van der Waals surface area contributed by atoms with Gasteiger partial charge in [0.15, 0.2) is 0 Å². The van der Waals surface area contributed by atoms with Gasteiger partial charge in [-0.05, 0) is 225 Å². The van der Waals surface area contributed by atoms with E-state index >= 15 is 0 Å². The first-order chi connectivity index (χ1) is 51.0. The van der Waals surface area contributed by atoms with Crippen molar-refractivity contribution < 1.29 is 0 Å². The van der Waals surface area contributed by atoms with E-state index in [4.69, 9.17) is 0 Å². The summed E-state index contributed by atoms with van der Waals surface area (Å²) in [5, 5.41) is 30.9. The van der Waals surface area contributed by atoms with Crippen molar-refractivity contribution in [1.82, 2.24) is 9.55 Å². The van der Waals surface area contributed by atoms with Crippen LogP contribution in [-0.4, -0.2) is 9.55 Å². The van der Waals surface area contributed by atoms with Gasteiger partial charge in [0.25, 0.3) is 0 Å². The van der Waals surface area contributed by atoms with E-state index < -0.39 is 0 Å². The monoisotopic (exact) mass is 1370 g/mol. The van der Waals surface area contributed by atoms with Gasteiger partial charge < -0.3 is 9.55 Å². The molecule has 2 heterocycles. The second-order valence-electron chi connectivity index (χ2n) is 27.1. The Balaban J connectivity index is 0.000000114. The molecule has 22 aromatic rings. The third kappa shape index (κ3) is 10.1. The number of nitrogens with zero attached hydrogens (tertiary/aromatic N) is 1. The molecule has 0 unspecified atom stereocenters. The zero-order valence-corrected chi connectivity index (χ0v) is 57.7. The molecule has 20 aromatic carbocycles. The molecule has 1 N–H and O–H groups in total. The molecular formula is C100H63BrN2. The van der Waals surface area contributed by atoms with Gasteiger partial charge in [0.05, 0.1) is 11.0 Å². The Hall–Kier alpha value is -12.9. The molecule has 480 valence electrons. The van der Waals surface area contributed by atoms with E-state index in [1.54, 1.807) is 0 Å². The lowest BCUT2D eigenvalue weighted by Crippen LogP contribution is -1.95. The molecule has 3 heteroatoms. The molecule has 0 saturated heterocycles. The van der Waals surface area contributed by atoms with Crippen LogP contribution in [0.25, 0.3) is 202 Å². The molecular weight excluding hydrogens is 1310 g/mol. The van der Waals surface area contributed by atoms with Gasteiger partial charge in [0.2, 0.25) is 0 Å². The van der Waals surface area contributed by atoms with E-state index in [2.05, 4.69) is 402 Å². The lowest BCUT2D eigenvalue weighted by atomic mass is 9.86. The van der Waals surface area contributed by atoms with Gasteiger partial charge in [0.1, 0.15) is 0 Å². The smallest absolute Gasteiger partial charge is 0.0547 e. The SMILES string of the molecule is Brc1ccc(-c2c3ccccc3c(-c3ccccc3)c3ccccc23)cc1.c1ccc(-c2c3ccccc3c(-c3ccc(-n4c5ccc6ccccc6c5c5c6cc7ccccc7cc6ccc54)cc3)c3ccccc23)cc1.c1ccc2cc3c(ccc4[nH]c5ccc6ccccc6c5c43)cc2c1. The maximum Gasteiger partial charge on any atom is 0.0547 e. The van der Waals surface area contributed by atoms with Gasteiger partial charge in [-0.15, -0.1) is 0 Å². The summed E-state index contributed by atoms with van der Waals surface area (Å²) in [6.45, 7) is 0. The molecule has 22 rings (SSSR count). The number of H-pyrrole nitrogens is 1. The standard InChI is InChI=1S/C50H31N.C26H17Br.C24H15N/c1-2-13-33(14-3-1)47-40-18-8-10-20-42(40)48(43-21-11-9-19-41(43)47)34-22-26-38(27-23-34)51-45-28-24-32-12-6-7-17-39(32)49(45)50-44-31-36-16-5-4-15-35(36)30-37(44)25-29-46(50)51;27-20-16-14-19(15-17-20)26-23-12-6-4-10-21(23)25(18-8-2-1-3-9-18)22-11-5-7-13-24(22)26;1-2-7-17-14-20-18(13-16(17)6-1)10-12-22-24(20)23-19-8-4-3-5-15(19)9-11-21(23)25-22/h1-31H;1-17H;1-14,25H. The maximum atomic E-state index is 3.61. The van der Waals surface area contributed by atoms with Crippen molar-refractivity contribution in [2.45, 2.75) is 0 Å². The van der Waals surface area contributed by atoms with Crippen LogP contribution in [0.4, 0.5) is 0 Å². The molecule has 0 bridgehead atoms. The topological polar surface area (TPSA) is 20.7 Å². The third-order valence-electron chi connectivity index (χ3n) is 21.4. The van der Waals surface area contributed by atoms with Crippen LogP contribution in [0.2, 0.25) is 0 Å². The second kappa shape index (κ2) is 24.8. The summed E-state index contributed by atoms with van der Waals surface area (Å²) < 4.78 is 3.56. The van der Waals surface area contributed by atoms with Crippen molar-refractivity contribution in [3.63, 3.8) is 0 Å². The predicted molar refractivity (Wildman–Crippen MR) is 448 cm³/mol. The highest BCUT2D eigenvalue weighted by Gasteiger charge is 2.22. The number of benzene rings is 20. The average Bonchev–Trinajstić information content (AvgIpc) is 1.56. The van der Waals surface area contributed by atoms with Gasteiger partial charge >= 0.3 is 0 Å². The molecule has 0 amide bonds. The van der Waals surface area contributed by atoms with Crippen LogP contribution >= 0.6 is 15.9 Å². The fourth-order valence-corrected chi connectivity index (χ4v) is 17.1. The van der Waals surface area contributed by atoms with Gasteiger partial charge in [-0.1, -0.05) is 319 Å². The van der Waals surface area contributed by atoms with Crippen molar-refractivity contribution in [2.24, 2.45) is 0 Å². The first-order valence-corrected chi connectivity index (χ1v) is 36.2. The summed E-state index contributed by atoms with van der Waals surface area (Å²) >= 11 is 3.56. The van der Waals surface area contributed by atoms with Gasteiger partial charge in [0, 0.05) is 42.7 Å². The Labute approximate surface area is 603 Å². The molecule has 103 heavy (non-hydrogen) atoms. The van der Waals surface area contributed by atoms with Crippen LogP contribution in [0.15, 0.2) is 381 Å². The number of nitrogens with one attached hydrogen (secondary N) is 1. The minimum atomic E-state index is 1.10. The van der Waals surface area contributed by atoms with Crippen LogP contribution in [-0.2, 0) is 0 Å². The van der Waals surface area contributed by atoms with Crippen molar-refractivity contribution in [3.05, 3.63) is 381 Å². The summed E-state index contributed by atoms with van der Waals surface area (Å²) in [7, 11) is 0. The fraction of sp³-hybridized carbons (Fsp3) is 0. The van der Waals surface area contributed by atoms with E-state index in [-0.39, 0.29) is 0 Å². The molecule has 0 spiro atoms. The van der Waals surface area contributed by atoms with E-state index in [0.29, 0.717) is 0 Å². The van der Waals surface area contributed by atoms with Crippen molar-refractivity contribution in [3.8, 4) is 50.2 Å². The second-order valence-corrected chi connectivity index (χ2v) is 28.0. The zero-order chi connectivity index (χ0) is 68.1. The first-order valence-electron chi connectivity index (χ1n) is 35.4. The molecule has 0 saturated carbocycles. The zero-order valence-electron chi connectivity index (χ0n) is 56.1. The summed E-state index contributed by atoms with van der Waals surface area (Å²) in [6, 6.07) is 137. The molecule has 0 atom stereocenters. The van der Waals surface area contributed by atoms with E-state index in [0.717, 1.165) is 10.2 Å². The molecule has 2 aromatic heterocycles. The highest BCUT2D eigenvalue weighted by molar-refractivity contribution is 9.10. The van der Waals surface area contributed by atoms with E-state index in [1.807, 2.05) is 0 Å². The molecule has 0 radical (unpaired) electrons. The maximum absolute atomic E-state index is 3.61. The number of hydrogen-bond donors (Lipinski definition) is 1. The van der Waals surface area contributed by atoms with Crippen LogP contribution in [0.1, 0.15) is 0 Å². The normalized spacial score (nSPS) is 11.7. The summed E-state index contributed by atoms with van der Waals surface area (Å²) in [5.41, 5.74) is 16.1. The number of halogens is 1. The number of aromatic nitrogens is 2. The average molecular weight is 1370 g/mol. The number of fused-ring (bicyclic) bond motifs is 20. The van der Waals surface area contributed by atoms with Crippen LogP contribution < -0.4 is 0 Å². The Morgan fingerprint density at radius 1 is 0.194 bits per heavy atom. The summed E-state index contributed by atoms with van der Waals surface area (Å²) in [5.74, 6) is 0. The molecule has 2 nitrogen and oxygen atoms in total. The quantitative estimate of drug-likeness (QED) is 0.166. The minimum absolute atomic E-state index is 1.10. The Morgan fingerprint density at radius 2 is 0.476 bits per heavy atom. The van der Waals surface area contributed by atoms with Crippen LogP contribution in [0, 0.1) is 0 Å². The Morgan fingerprint density at radius 3 is 0.893 bits per heavy atom. The Bertz CT molecular complexity index is 7040. The highest BCUT2D eigenvalue weighted by atomic mass is 79.9. The van der Waals surface area contributed by atoms with E-state index in [9.17, 15) is 0 Å². The lowest BCUT2D eigenvalue weighted by molar-refractivity contribution is 1.18. The highest BCUT2D eigenvalue weighted by Crippen LogP contribution is 2.48. The predicted octanol–water partition coefficient (Wildman–Crippen LogP) is 28.8. The molecule has 0 aliphatic heterocycles. The van der Waals surface area contributed by atoms with Crippen molar-refractivity contribution in [2.75, 3.05) is 0 Å². The van der Waals surface area contributed by atoms with Crippen molar-refractivity contribution >= 4 is 167 Å².